The molecule has 76 valence electrons. The van der Waals surface area contributed by atoms with Gasteiger partial charge in [0.15, 0.2) is 0 Å². The summed E-state index contributed by atoms with van der Waals surface area (Å²) in [5.41, 5.74) is 6.30. The predicted molar refractivity (Wildman–Crippen MR) is 56.1 cm³/mol. The van der Waals surface area contributed by atoms with Crippen LogP contribution in [0.25, 0.3) is 10.9 Å². The normalized spacial score (nSPS) is 10.1. The Labute approximate surface area is 85.3 Å². The molecule has 0 saturated heterocycles. The first-order valence-electron chi connectivity index (χ1n) is 4.35. The summed E-state index contributed by atoms with van der Waals surface area (Å²) in [4.78, 5) is 24.7. The van der Waals surface area contributed by atoms with Crippen LogP contribution in [-0.4, -0.2) is 16.8 Å². The molecule has 0 radical (unpaired) electrons. The summed E-state index contributed by atoms with van der Waals surface area (Å²) >= 11 is 0. The van der Waals surface area contributed by atoms with Gasteiger partial charge >= 0.3 is 11.8 Å². The number of fused-ring (bicyclic) bond motifs is 1. The van der Waals surface area contributed by atoms with Gasteiger partial charge in [0, 0.05) is 17.1 Å². The van der Waals surface area contributed by atoms with Crippen LogP contribution in [0.5, 0.6) is 0 Å². The van der Waals surface area contributed by atoms with Gasteiger partial charge in [0.05, 0.1) is 5.69 Å². The van der Waals surface area contributed by atoms with Crippen molar-refractivity contribution in [2.45, 2.75) is 0 Å². The molecule has 0 bridgehead atoms. The van der Waals surface area contributed by atoms with Crippen LogP contribution >= 0.6 is 0 Å². The third kappa shape index (κ3) is 1.67. The van der Waals surface area contributed by atoms with Crippen molar-refractivity contribution in [2.24, 2.45) is 5.73 Å². The van der Waals surface area contributed by atoms with Gasteiger partial charge < -0.3 is 16.0 Å². The summed E-state index contributed by atoms with van der Waals surface area (Å²) < 4.78 is 0. The van der Waals surface area contributed by atoms with Gasteiger partial charge in [0.1, 0.15) is 0 Å². The summed E-state index contributed by atoms with van der Waals surface area (Å²) in [7, 11) is 0. The molecule has 0 fully saturated rings. The van der Waals surface area contributed by atoms with Gasteiger partial charge in [-0.05, 0) is 18.2 Å². The van der Waals surface area contributed by atoms with E-state index in [1.165, 1.54) is 0 Å². The lowest BCUT2D eigenvalue weighted by Crippen LogP contribution is -2.29. The molecule has 0 unspecified atom stereocenters. The molecule has 0 spiro atoms. The van der Waals surface area contributed by atoms with Gasteiger partial charge in [-0.3, -0.25) is 9.59 Å². The van der Waals surface area contributed by atoms with Crippen LogP contribution in [0, 0.1) is 0 Å². The average molecular weight is 203 g/mol. The molecule has 2 amide bonds. The van der Waals surface area contributed by atoms with Crippen LogP contribution in [0.3, 0.4) is 0 Å². The maximum absolute atomic E-state index is 11.1. The largest absolute Gasteiger partial charge is 0.361 e. The van der Waals surface area contributed by atoms with E-state index in [1.54, 1.807) is 18.3 Å². The molecular formula is C10H9N3O2. The monoisotopic (exact) mass is 203 g/mol. The fourth-order valence-corrected chi connectivity index (χ4v) is 1.38. The number of hydrogen-bond donors (Lipinski definition) is 3. The van der Waals surface area contributed by atoms with E-state index in [4.69, 9.17) is 5.73 Å². The summed E-state index contributed by atoms with van der Waals surface area (Å²) in [6.45, 7) is 0. The van der Waals surface area contributed by atoms with E-state index < -0.39 is 11.8 Å². The second kappa shape index (κ2) is 3.45. The Morgan fingerprint density at radius 3 is 2.80 bits per heavy atom. The van der Waals surface area contributed by atoms with E-state index in [9.17, 15) is 9.59 Å². The van der Waals surface area contributed by atoms with E-state index >= 15 is 0 Å². The first-order chi connectivity index (χ1) is 7.18. The Hall–Kier alpha value is -2.30. The lowest BCUT2D eigenvalue weighted by Gasteiger charge is -2.03. The molecule has 2 rings (SSSR count). The lowest BCUT2D eigenvalue weighted by molar-refractivity contribution is -0.134. The maximum atomic E-state index is 11.1. The van der Waals surface area contributed by atoms with Crippen LogP contribution in [0.4, 0.5) is 5.69 Å². The van der Waals surface area contributed by atoms with Gasteiger partial charge in [0.2, 0.25) is 0 Å². The molecule has 1 heterocycles. The maximum Gasteiger partial charge on any atom is 0.313 e. The first-order valence-corrected chi connectivity index (χ1v) is 4.35. The number of nitrogens with two attached hydrogens (primary N) is 1. The van der Waals surface area contributed by atoms with Gasteiger partial charge in [-0.1, -0.05) is 6.07 Å². The highest BCUT2D eigenvalue weighted by molar-refractivity contribution is 6.39. The first kappa shape index (κ1) is 9.26. The molecule has 0 saturated carbocycles. The number of aromatic nitrogens is 1. The van der Waals surface area contributed by atoms with Crippen molar-refractivity contribution in [2.75, 3.05) is 5.32 Å². The van der Waals surface area contributed by atoms with Crippen LogP contribution in [0.1, 0.15) is 0 Å². The third-order valence-electron chi connectivity index (χ3n) is 2.07. The smallest absolute Gasteiger partial charge is 0.313 e. The number of aromatic amines is 1. The number of carbonyl (C=O) groups excluding carboxylic acids is 2. The third-order valence-corrected chi connectivity index (χ3v) is 2.07. The van der Waals surface area contributed by atoms with Crippen molar-refractivity contribution in [3.05, 3.63) is 30.5 Å². The highest BCUT2D eigenvalue weighted by Crippen LogP contribution is 2.21. The molecule has 5 heteroatoms. The van der Waals surface area contributed by atoms with Crippen LogP contribution in [0.15, 0.2) is 30.5 Å². The van der Waals surface area contributed by atoms with E-state index in [2.05, 4.69) is 10.3 Å². The molecular weight excluding hydrogens is 194 g/mol. The Morgan fingerprint density at radius 2 is 2.07 bits per heavy atom. The minimum Gasteiger partial charge on any atom is -0.361 e. The summed E-state index contributed by atoms with van der Waals surface area (Å²) in [5.74, 6) is -1.81. The van der Waals surface area contributed by atoms with E-state index in [-0.39, 0.29) is 0 Å². The van der Waals surface area contributed by atoms with Gasteiger partial charge in [-0.15, -0.1) is 0 Å². The summed E-state index contributed by atoms with van der Waals surface area (Å²) in [6.07, 6.45) is 1.75. The number of nitrogens with one attached hydrogen (secondary N) is 2. The Kier molecular flexibility index (Phi) is 2.13. The van der Waals surface area contributed by atoms with E-state index in [0.29, 0.717) is 5.69 Å². The molecule has 0 aliphatic rings. The zero-order valence-corrected chi connectivity index (χ0v) is 7.78. The van der Waals surface area contributed by atoms with E-state index in [0.717, 1.165) is 10.9 Å². The standard InChI is InChI=1S/C10H9N3O2/c11-9(14)10(15)13-8-3-1-2-7-6(8)4-5-12-7/h1-5,12H,(H2,11,14)(H,13,15). The topological polar surface area (TPSA) is 88.0 Å². The van der Waals surface area contributed by atoms with Crippen LogP contribution in [0.2, 0.25) is 0 Å². The second-order valence-electron chi connectivity index (χ2n) is 3.06. The second-order valence-corrected chi connectivity index (χ2v) is 3.06. The van der Waals surface area contributed by atoms with Gasteiger partial charge in [-0.2, -0.15) is 0 Å². The van der Waals surface area contributed by atoms with Crippen molar-refractivity contribution >= 4 is 28.4 Å². The molecule has 15 heavy (non-hydrogen) atoms. The quantitative estimate of drug-likeness (QED) is 0.592. The van der Waals surface area contributed by atoms with Gasteiger partial charge in [-0.25, -0.2) is 0 Å². The van der Waals surface area contributed by atoms with Crippen LogP contribution < -0.4 is 11.1 Å². The zero-order valence-electron chi connectivity index (χ0n) is 7.78. The van der Waals surface area contributed by atoms with Crippen molar-refractivity contribution in [3.63, 3.8) is 0 Å². The fraction of sp³-hybridized carbons (Fsp3) is 0. The Bertz CT molecular complexity index is 530. The number of hydrogen-bond acceptors (Lipinski definition) is 2. The number of anilines is 1. The molecule has 2 aromatic rings. The number of rotatable bonds is 1. The fourth-order valence-electron chi connectivity index (χ4n) is 1.38. The Balaban J connectivity index is 2.39. The molecule has 1 aromatic carbocycles. The average Bonchev–Trinajstić information content (AvgIpc) is 2.66. The lowest BCUT2D eigenvalue weighted by atomic mass is 10.2. The molecule has 0 aliphatic carbocycles. The van der Waals surface area contributed by atoms with Gasteiger partial charge in [0.25, 0.3) is 0 Å². The van der Waals surface area contributed by atoms with Crippen molar-refractivity contribution in [3.8, 4) is 0 Å². The van der Waals surface area contributed by atoms with Crippen LogP contribution in [-0.2, 0) is 9.59 Å². The molecule has 4 N–H and O–H groups in total. The summed E-state index contributed by atoms with van der Waals surface area (Å²) in [6, 6.07) is 7.16. The van der Waals surface area contributed by atoms with Crippen molar-refractivity contribution in [1.29, 1.82) is 0 Å². The predicted octanol–water partition coefficient (Wildman–Crippen LogP) is 0.592. The molecule has 0 atom stereocenters. The number of amides is 2. The Morgan fingerprint density at radius 1 is 1.27 bits per heavy atom. The highest BCUT2D eigenvalue weighted by atomic mass is 16.2. The molecule has 1 aromatic heterocycles. The molecule has 0 aliphatic heterocycles. The van der Waals surface area contributed by atoms with Crippen molar-refractivity contribution < 1.29 is 9.59 Å². The SMILES string of the molecule is NC(=O)C(=O)Nc1cccc2[nH]ccc12. The van der Waals surface area contributed by atoms with Crippen molar-refractivity contribution in [1.82, 2.24) is 4.98 Å². The summed E-state index contributed by atoms with van der Waals surface area (Å²) in [5, 5.41) is 3.28. The zero-order chi connectivity index (χ0) is 10.8. The number of primary amides is 1. The van der Waals surface area contributed by atoms with E-state index in [1.807, 2.05) is 12.1 Å². The minimum atomic E-state index is -0.998. The number of carbonyl (C=O) groups is 2. The molecule has 5 nitrogen and oxygen atoms in total. The number of benzene rings is 1. The number of H-pyrrole nitrogens is 1. The highest BCUT2D eigenvalue weighted by Gasteiger charge is 2.10. The minimum absolute atomic E-state index is 0.567.